The highest BCUT2D eigenvalue weighted by Crippen LogP contribution is 2.29. The molecule has 0 aliphatic rings. The molecule has 0 bridgehead atoms. The van der Waals surface area contributed by atoms with Crippen molar-refractivity contribution in [1.29, 1.82) is 0 Å². The Kier molecular flexibility index (Phi) is 8.05. The molecule has 3 aromatic rings. The molecule has 0 saturated heterocycles. The average molecular weight is 439 g/mol. The number of ether oxygens (including phenoxy) is 1. The fraction of sp³-hybridized carbons (Fsp3) is 0.318. The van der Waals surface area contributed by atoms with Crippen LogP contribution in [0.5, 0.6) is 0 Å². The van der Waals surface area contributed by atoms with E-state index in [1.54, 1.807) is 0 Å². The van der Waals surface area contributed by atoms with Gasteiger partial charge in [-0.25, -0.2) is 0 Å². The van der Waals surface area contributed by atoms with Crippen LogP contribution in [0.15, 0.2) is 48.5 Å². The maximum absolute atomic E-state index is 11.4. The second-order valence-corrected chi connectivity index (χ2v) is 7.37. The molecule has 0 radical (unpaired) electrons. The number of H-pyrrole nitrogens is 1. The van der Waals surface area contributed by atoms with Crippen molar-refractivity contribution in [2.45, 2.75) is 26.3 Å². The highest BCUT2D eigenvalue weighted by atomic mass is 32.1. The van der Waals surface area contributed by atoms with Crippen LogP contribution in [0.2, 0.25) is 0 Å². The Labute approximate surface area is 187 Å². The Balaban J connectivity index is 1.74. The van der Waals surface area contributed by atoms with Crippen LogP contribution in [0.3, 0.4) is 0 Å². The minimum atomic E-state index is -0.345. The van der Waals surface area contributed by atoms with Crippen LogP contribution < -0.4 is 5.32 Å². The number of hydrogen-bond acceptors (Lipinski definition) is 6. The quantitative estimate of drug-likeness (QED) is 0.388. The predicted octanol–water partition coefficient (Wildman–Crippen LogP) is 3.18. The SMILES string of the molecule is CCCCN(Cc1ccc(-c2ccccc2-c2nn[nH]n2)cc1)C(=S)NCC(=O)OC. The van der Waals surface area contributed by atoms with E-state index in [4.69, 9.17) is 12.2 Å². The van der Waals surface area contributed by atoms with Crippen LogP contribution in [-0.4, -0.2) is 56.8 Å². The summed E-state index contributed by atoms with van der Waals surface area (Å²) in [6, 6.07) is 16.3. The van der Waals surface area contributed by atoms with Crippen molar-refractivity contribution >= 4 is 23.3 Å². The fourth-order valence-electron chi connectivity index (χ4n) is 3.15. The van der Waals surface area contributed by atoms with E-state index < -0.39 is 0 Å². The Hall–Kier alpha value is -3.33. The molecular formula is C22H26N6O2S. The zero-order valence-electron chi connectivity index (χ0n) is 17.7. The van der Waals surface area contributed by atoms with Crippen LogP contribution in [0.4, 0.5) is 0 Å². The third-order valence-electron chi connectivity index (χ3n) is 4.83. The topological polar surface area (TPSA) is 96.0 Å². The first-order valence-electron chi connectivity index (χ1n) is 10.1. The van der Waals surface area contributed by atoms with Crippen molar-refractivity contribution in [3.05, 3.63) is 54.1 Å². The lowest BCUT2D eigenvalue weighted by Gasteiger charge is -2.26. The van der Waals surface area contributed by atoms with Gasteiger partial charge in [-0.1, -0.05) is 61.9 Å². The lowest BCUT2D eigenvalue weighted by Crippen LogP contribution is -2.42. The Bertz CT molecular complexity index is 992. The van der Waals surface area contributed by atoms with Crippen LogP contribution in [0.1, 0.15) is 25.3 Å². The lowest BCUT2D eigenvalue weighted by molar-refractivity contribution is -0.139. The Morgan fingerprint density at radius 1 is 1.16 bits per heavy atom. The van der Waals surface area contributed by atoms with E-state index in [0.717, 1.165) is 41.6 Å². The molecule has 1 heterocycles. The number of nitrogens with zero attached hydrogens (tertiary/aromatic N) is 4. The second-order valence-electron chi connectivity index (χ2n) is 6.99. The summed E-state index contributed by atoms with van der Waals surface area (Å²) in [5.41, 5.74) is 4.14. The number of methoxy groups -OCH3 is 1. The van der Waals surface area contributed by atoms with Crippen molar-refractivity contribution in [1.82, 2.24) is 30.8 Å². The number of carbonyl (C=O) groups excluding carboxylic acids is 1. The third-order valence-corrected chi connectivity index (χ3v) is 5.23. The number of hydrogen-bond donors (Lipinski definition) is 2. The van der Waals surface area contributed by atoms with Crippen molar-refractivity contribution < 1.29 is 9.53 Å². The third kappa shape index (κ3) is 6.08. The van der Waals surface area contributed by atoms with Gasteiger partial charge < -0.3 is 15.0 Å². The number of tetrazole rings is 1. The highest BCUT2D eigenvalue weighted by Gasteiger charge is 2.13. The molecule has 0 atom stereocenters. The van der Waals surface area contributed by atoms with Crippen molar-refractivity contribution in [3.8, 4) is 22.5 Å². The molecule has 1 aromatic heterocycles. The Morgan fingerprint density at radius 3 is 2.55 bits per heavy atom. The van der Waals surface area contributed by atoms with Gasteiger partial charge in [0.1, 0.15) is 6.54 Å². The van der Waals surface area contributed by atoms with Crippen molar-refractivity contribution in [3.63, 3.8) is 0 Å². The van der Waals surface area contributed by atoms with Crippen LogP contribution in [0.25, 0.3) is 22.5 Å². The van der Waals surface area contributed by atoms with Gasteiger partial charge in [-0.05, 0) is 40.5 Å². The maximum Gasteiger partial charge on any atom is 0.325 e. The molecule has 2 N–H and O–H groups in total. The summed E-state index contributed by atoms with van der Waals surface area (Å²) in [6.07, 6.45) is 2.07. The first kappa shape index (κ1) is 22.4. The van der Waals surface area contributed by atoms with E-state index in [1.165, 1.54) is 7.11 Å². The Morgan fingerprint density at radius 2 is 1.90 bits per heavy atom. The van der Waals surface area contributed by atoms with Gasteiger partial charge in [0.05, 0.1) is 7.11 Å². The summed E-state index contributed by atoms with van der Waals surface area (Å²) in [4.78, 5) is 13.5. The first-order chi connectivity index (χ1) is 15.1. The van der Waals surface area contributed by atoms with Gasteiger partial charge in [-0.15, -0.1) is 10.2 Å². The molecule has 0 fully saturated rings. The normalized spacial score (nSPS) is 10.5. The number of nitrogens with one attached hydrogen (secondary N) is 2. The van der Waals surface area contributed by atoms with E-state index in [2.05, 4.69) is 66.8 Å². The van der Waals surface area contributed by atoms with Crippen molar-refractivity contribution in [2.24, 2.45) is 0 Å². The van der Waals surface area contributed by atoms with Gasteiger partial charge >= 0.3 is 5.97 Å². The number of esters is 1. The summed E-state index contributed by atoms with van der Waals surface area (Å²) < 4.78 is 4.68. The van der Waals surface area contributed by atoms with E-state index >= 15 is 0 Å². The molecule has 9 heteroatoms. The number of aromatic nitrogens is 4. The molecule has 0 aliphatic heterocycles. The van der Waals surface area contributed by atoms with E-state index in [9.17, 15) is 4.79 Å². The van der Waals surface area contributed by atoms with Gasteiger partial charge in [-0.3, -0.25) is 4.79 Å². The molecular weight excluding hydrogens is 412 g/mol. The van der Waals surface area contributed by atoms with Gasteiger partial charge in [0.15, 0.2) is 5.11 Å². The molecule has 0 aliphatic carbocycles. The monoisotopic (exact) mass is 438 g/mol. The molecule has 0 amide bonds. The maximum atomic E-state index is 11.4. The summed E-state index contributed by atoms with van der Waals surface area (Å²) in [5, 5.41) is 17.9. The number of unbranched alkanes of at least 4 members (excludes halogenated alkanes) is 1. The molecule has 3 rings (SSSR count). The fourth-order valence-corrected chi connectivity index (χ4v) is 3.38. The number of thiocarbonyl (C=S) groups is 1. The summed E-state index contributed by atoms with van der Waals surface area (Å²) in [7, 11) is 1.36. The molecule has 0 spiro atoms. The van der Waals surface area contributed by atoms with E-state index in [-0.39, 0.29) is 12.5 Å². The zero-order chi connectivity index (χ0) is 22.1. The summed E-state index contributed by atoms with van der Waals surface area (Å²) >= 11 is 5.50. The van der Waals surface area contributed by atoms with Gasteiger partial charge in [0.2, 0.25) is 5.82 Å². The molecule has 0 saturated carbocycles. The smallest absolute Gasteiger partial charge is 0.325 e. The summed E-state index contributed by atoms with van der Waals surface area (Å²) in [6.45, 7) is 3.66. The van der Waals surface area contributed by atoms with E-state index in [1.807, 2.05) is 24.3 Å². The summed E-state index contributed by atoms with van der Waals surface area (Å²) in [5.74, 6) is 0.217. The predicted molar refractivity (Wildman–Crippen MR) is 123 cm³/mol. The van der Waals surface area contributed by atoms with Crippen LogP contribution in [-0.2, 0) is 16.1 Å². The molecule has 8 nitrogen and oxygen atoms in total. The average Bonchev–Trinajstić information content (AvgIpc) is 3.35. The second kappa shape index (κ2) is 11.2. The van der Waals surface area contributed by atoms with Gasteiger partial charge in [0, 0.05) is 18.7 Å². The molecule has 31 heavy (non-hydrogen) atoms. The minimum Gasteiger partial charge on any atom is -0.468 e. The number of aromatic amines is 1. The highest BCUT2D eigenvalue weighted by molar-refractivity contribution is 7.80. The largest absolute Gasteiger partial charge is 0.468 e. The molecule has 2 aromatic carbocycles. The standard InChI is InChI=1S/C22H26N6O2S/c1-3-4-13-28(22(31)23-14-20(29)30-2)15-16-9-11-17(12-10-16)18-7-5-6-8-19(18)21-24-26-27-25-21/h5-12H,3-4,13-15H2,1-2H3,(H,23,31)(H,24,25,26,27). The van der Waals surface area contributed by atoms with Crippen LogP contribution >= 0.6 is 12.2 Å². The van der Waals surface area contributed by atoms with Crippen molar-refractivity contribution in [2.75, 3.05) is 20.2 Å². The minimum absolute atomic E-state index is 0.0593. The zero-order valence-corrected chi connectivity index (χ0v) is 18.5. The van der Waals surface area contributed by atoms with Gasteiger partial charge in [-0.2, -0.15) is 5.21 Å². The number of rotatable bonds is 9. The van der Waals surface area contributed by atoms with Gasteiger partial charge in [0.25, 0.3) is 0 Å². The number of benzene rings is 2. The van der Waals surface area contributed by atoms with E-state index in [0.29, 0.717) is 17.5 Å². The van der Waals surface area contributed by atoms with Crippen LogP contribution in [0, 0.1) is 0 Å². The molecule has 162 valence electrons. The lowest BCUT2D eigenvalue weighted by atomic mass is 9.98. The first-order valence-corrected chi connectivity index (χ1v) is 10.5. The molecule has 0 unspecified atom stereocenters. The number of carbonyl (C=O) groups is 1.